The fourth-order valence-electron chi connectivity index (χ4n) is 0.506. The molecule has 3 nitrogen and oxygen atoms in total. The highest BCUT2D eigenvalue weighted by Gasteiger charge is 2.15. The van der Waals surface area contributed by atoms with Gasteiger partial charge in [0.25, 0.3) is 0 Å². The predicted octanol–water partition coefficient (Wildman–Crippen LogP) is 0.0636. The number of hydrogen-bond donors (Lipinski definition) is 0. The molecule has 0 aliphatic rings. The molecule has 2 rings (SSSR count). The first kappa shape index (κ1) is 2.96. The highest BCUT2D eigenvalue weighted by atomic mass is 16.5. The van der Waals surface area contributed by atoms with Crippen molar-refractivity contribution in [1.29, 1.82) is 0 Å². The lowest BCUT2D eigenvalue weighted by Gasteiger charge is -1.55. The van der Waals surface area contributed by atoms with Crippen molar-refractivity contribution in [3.05, 3.63) is 16.5 Å². The Morgan fingerprint density at radius 2 is 2.57 bits per heavy atom. The summed E-state index contributed by atoms with van der Waals surface area (Å²) in [6.45, 7) is 0. The first-order valence-electron chi connectivity index (χ1n) is 1.88. The van der Waals surface area contributed by atoms with Crippen LogP contribution in [0, 0.1) is 0 Å². The van der Waals surface area contributed by atoms with E-state index in [1.165, 1.54) is 6.26 Å². The quantitative estimate of drug-likeness (QED) is 0.464. The highest BCUT2D eigenvalue weighted by Crippen LogP contribution is 2.08. The Bertz CT molecular complexity index is 273. The van der Waals surface area contributed by atoms with Gasteiger partial charge in [-0.25, -0.2) is 0 Å². The molecule has 1 aromatic carbocycles. The van der Waals surface area contributed by atoms with Gasteiger partial charge in [-0.15, -0.1) is 0 Å². The first-order chi connectivity index (χ1) is 3.39. The summed E-state index contributed by atoms with van der Waals surface area (Å²) in [4.78, 5) is 10.2. The Morgan fingerprint density at radius 3 is 2.86 bits per heavy atom. The maximum Gasteiger partial charge on any atom is 0.221 e. The van der Waals surface area contributed by atoms with E-state index >= 15 is 0 Å². The molecule has 0 amide bonds. The molecule has 0 bridgehead atoms. The Labute approximate surface area is 38.2 Å². The van der Waals surface area contributed by atoms with Crippen LogP contribution < -0.4 is 5.43 Å². The molecule has 0 atom stereocenters. The van der Waals surface area contributed by atoms with Crippen molar-refractivity contribution >= 4 is 10.9 Å². The van der Waals surface area contributed by atoms with E-state index in [1.54, 1.807) is 0 Å². The molecule has 1 heterocycles. The van der Waals surface area contributed by atoms with E-state index < -0.39 is 0 Å². The minimum atomic E-state index is 0.0336. The van der Waals surface area contributed by atoms with Gasteiger partial charge in [0.15, 0.2) is 5.52 Å². The monoisotopic (exact) mass is 95.0 g/mol. The van der Waals surface area contributed by atoms with Gasteiger partial charge in [0.05, 0.1) is 5.39 Å². The molecule has 0 N–H and O–H groups in total. The van der Waals surface area contributed by atoms with Gasteiger partial charge >= 0.3 is 0 Å². The van der Waals surface area contributed by atoms with E-state index in [2.05, 4.69) is 9.68 Å². The fourth-order valence-corrected chi connectivity index (χ4v) is 0.506. The molecule has 0 aliphatic carbocycles. The predicted molar refractivity (Wildman–Crippen MR) is 22.7 cm³/mol. The third kappa shape index (κ3) is 0.183. The maximum atomic E-state index is 10.2. The van der Waals surface area contributed by atoms with E-state index in [1.807, 2.05) is 0 Å². The van der Waals surface area contributed by atoms with Gasteiger partial charge < -0.3 is 4.52 Å². The van der Waals surface area contributed by atoms with Crippen LogP contribution in [0.3, 0.4) is 0 Å². The van der Waals surface area contributed by atoms with Crippen LogP contribution in [0.1, 0.15) is 0 Å². The second kappa shape index (κ2) is 0.621. The van der Waals surface area contributed by atoms with Crippen molar-refractivity contribution < 1.29 is 4.52 Å². The largest absolute Gasteiger partial charge is 0.363 e. The van der Waals surface area contributed by atoms with Crippen molar-refractivity contribution in [2.75, 3.05) is 0 Å². The first-order valence-corrected chi connectivity index (χ1v) is 1.88. The lowest BCUT2D eigenvalue weighted by atomic mass is 10.7. The fraction of sp³-hybridized carbons (Fsp3) is 0. The Balaban J connectivity index is 3.18. The number of aromatic nitrogens is 1. The zero-order valence-corrected chi connectivity index (χ0v) is 3.34. The van der Waals surface area contributed by atoms with Crippen LogP contribution in [0.15, 0.2) is 15.6 Å². The third-order valence-corrected chi connectivity index (χ3v) is 0.967. The van der Waals surface area contributed by atoms with Crippen molar-refractivity contribution in [2.24, 2.45) is 0 Å². The van der Waals surface area contributed by atoms with Crippen molar-refractivity contribution in [2.45, 2.75) is 0 Å². The Hall–Kier alpha value is -1.12. The summed E-state index contributed by atoms with van der Waals surface area (Å²) in [7, 11) is 0. The van der Waals surface area contributed by atoms with Crippen LogP contribution in [0.2, 0.25) is 0 Å². The summed E-state index contributed by atoms with van der Waals surface area (Å²) in [5.41, 5.74) is 0.534. The van der Waals surface area contributed by atoms with Gasteiger partial charge in [-0.3, -0.25) is 4.79 Å². The number of rotatable bonds is 0. The third-order valence-electron chi connectivity index (χ3n) is 0.967. The lowest BCUT2D eigenvalue weighted by Crippen LogP contribution is -1.72. The van der Waals surface area contributed by atoms with E-state index in [-0.39, 0.29) is 5.43 Å². The molecule has 0 saturated carbocycles. The Kier molecular flexibility index (Phi) is 0.262. The average Bonchev–Trinajstić information content (AvgIpc) is 2.26. The van der Waals surface area contributed by atoms with Gasteiger partial charge in [-0.05, 0) is 0 Å². The summed E-state index contributed by atoms with van der Waals surface area (Å²) >= 11 is 0. The summed E-state index contributed by atoms with van der Waals surface area (Å²) in [5.74, 6) is 0. The van der Waals surface area contributed by atoms with E-state index in [9.17, 15) is 4.79 Å². The van der Waals surface area contributed by atoms with Crippen molar-refractivity contribution in [3.63, 3.8) is 0 Å². The maximum absolute atomic E-state index is 10.2. The summed E-state index contributed by atoms with van der Waals surface area (Å²) < 4.78 is 4.38. The van der Waals surface area contributed by atoms with Gasteiger partial charge in [-0.2, -0.15) is 0 Å². The molecule has 2 aromatic rings. The zero-order valence-electron chi connectivity index (χ0n) is 3.34. The summed E-state index contributed by atoms with van der Waals surface area (Å²) in [6, 6.07) is 0. The molecule has 0 radical (unpaired) electrons. The lowest BCUT2D eigenvalue weighted by molar-refractivity contribution is 0.426. The minimum absolute atomic E-state index is 0.0336. The molecule has 0 saturated heterocycles. The normalized spacial score (nSPS) is 11.4. The second-order valence-electron chi connectivity index (χ2n) is 1.41. The number of hydrogen-bond acceptors (Lipinski definition) is 3. The zero-order chi connectivity index (χ0) is 4.85. The molecule has 0 spiro atoms. The van der Waals surface area contributed by atoms with E-state index in [4.69, 9.17) is 0 Å². The van der Waals surface area contributed by atoms with E-state index in [0.717, 1.165) is 0 Å². The van der Waals surface area contributed by atoms with Crippen molar-refractivity contribution in [1.82, 2.24) is 5.16 Å². The highest BCUT2D eigenvalue weighted by molar-refractivity contribution is 5.92. The number of nitrogens with zero attached hydrogens (tertiary/aromatic N) is 1. The smallest absolute Gasteiger partial charge is 0.221 e. The van der Waals surface area contributed by atoms with Crippen LogP contribution in [-0.2, 0) is 0 Å². The topological polar surface area (TPSA) is 43.1 Å². The summed E-state index contributed by atoms with van der Waals surface area (Å²) in [6.07, 6.45) is 1.36. The SMILES string of the molecule is O=c1c2conc12. The van der Waals surface area contributed by atoms with Gasteiger partial charge in [0, 0.05) is 0 Å². The Morgan fingerprint density at radius 1 is 1.71 bits per heavy atom. The minimum Gasteiger partial charge on any atom is -0.363 e. The van der Waals surface area contributed by atoms with Crippen LogP contribution >= 0.6 is 0 Å². The molecule has 1 aromatic heterocycles. The standard InChI is InChI=1S/C4HNO2/c6-4-2-1-7-5-3(2)4/h1H. The molecular formula is C4HNO2. The van der Waals surface area contributed by atoms with Gasteiger partial charge in [0.2, 0.25) is 5.43 Å². The molecule has 0 fully saturated rings. The molecule has 0 aliphatic heterocycles. The molecule has 0 unspecified atom stereocenters. The molecule has 34 valence electrons. The van der Waals surface area contributed by atoms with Crippen LogP contribution in [0.5, 0.6) is 0 Å². The molecule has 3 heteroatoms. The second-order valence-corrected chi connectivity index (χ2v) is 1.41. The van der Waals surface area contributed by atoms with Crippen LogP contribution in [0.4, 0.5) is 0 Å². The molecular weight excluding hydrogens is 94.0 g/mol. The van der Waals surface area contributed by atoms with Gasteiger partial charge in [-0.1, -0.05) is 5.16 Å². The van der Waals surface area contributed by atoms with Gasteiger partial charge in [0.1, 0.15) is 6.26 Å². The van der Waals surface area contributed by atoms with Crippen LogP contribution in [-0.4, -0.2) is 5.16 Å². The average molecular weight is 95.1 g/mol. The number of fused-ring (bicyclic) bond motifs is 1. The van der Waals surface area contributed by atoms with E-state index in [0.29, 0.717) is 10.9 Å². The molecule has 7 heavy (non-hydrogen) atoms. The summed E-state index contributed by atoms with van der Waals surface area (Å²) in [5, 5.41) is 4.00. The van der Waals surface area contributed by atoms with Crippen molar-refractivity contribution in [3.8, 4) is 0 Å². The van der Waals surface area contributed by atoms with Crippen LogP contribution in [0.25, 0.3) is 10.9 Å².